The Bertz CT molecular complexity index is 802. The number of aliphatic hydroxyl groups is 1. The van der Waals surface area contributed by atoms with Crippen LogP contribution < -0.4 is 10.6 Å². The molecule has 0 radical (unpaired) electrons. The zero-order valence-corrected chi connectivity index (χ0v) is 14.5. The van der Waals surface area contributed by atoms with E-state index in [4.69, 9.17) is 10.2 Å². The molecule has 0 atom stereocenters. The van der Waals surface area contributed by atoms with Crippen molar-refractivity contribution in [3.63, 3.8) is 0 Å². The molecule has 0 aliphatic heterocycles. The number of hydrogen-bond acceptors (Lipinski definition) is 5. The molecule has 1 saturated carbocycles. The zero-order chi connectivity index (χ0) is 19.4. The fourth-order valence-electron chi connectivity index (χ4n) is 3.01. The van der Waals surface area contributed by atoms with Gasteiger partial charge in [-0.2, -0.15) is 5.10 Å². The number of hydrogen-bond donors (Lipinski definition) is 4. The first-order chi connectivity index (χ1) is 12.8. The van der Waals surface area contributed by atoms with Crippen LogP contribution in [0.25, 0.3) is 5.82 Å². The van der Waals surface area contributed by atoms with Crippen LogP contribution in [0.15, 0.2) is 24.4 Å². The molecule has 0 saturated heterocycles. The lowest BCUT2D eigenvalue weighted by Crippen LogP contribution is -2.32. The predicted octanol–water partition coefficient (Wildman–Crippen LogP) is 2.52. The van der Waals surface area contributed by atoms with E-state index in [0.29, 0.717) is 35.7 Å². The molecule has 1 amide bonds. The summed E-state index contributed by atoms with van der Waals surface area (Å²) < 4.78 is 28.1. The van der Waals surface area contributed by atoms with Crippen LogP contribution in [0.4, 0.5) is 19.4 Å². The van der Waals surface area contributed by atoms with Crippen LogP contribution in [0.5, 0.6) is 0 Å². The maximum absolute atomic E-state index is 13.3. The second-order valence-electron chi connectivity index (χ2n) is 6.56. The lowest BCUT2D eigenvalue weighted by Gasteiger charge is -2.29. The molecule has 1 aliphatic rings. The number of nitrogens with one attached hydrogen (secondary N) is 2. The lowest BCUT2D eigenvalue weighted by molar-refractivity contribution is -0.0361. The summed E-state index contributed by atoms with van der Waals surface area (Å²) in [6.07, 6.45) is 0.802. The van der Waals surface area contributed by atoms with Crippen molar-refractivity contribution in [2.24, 2.45) is 0 Å². The summed E-state index contributed by atoms with van der Waals surface area (Å²) in [7, 11) is 0. The van der Waals surface area contributed by atoms with E-state index >= 15 is 0 Å². The van der Waals surface area contributed by atoms with Gasteiger partial charge in [-0.1, -0.05) is 0 Å². The third kappa shape index (κ3) is 5.13. The number of nitrogens with zero attached hydrogens (tertiary/aromatic N) is 3. The van der Waals surface area contributed by atoms with Gasteiger partial charge in [0.05, 0.1) is 12.3 Å². The SMILES string of the molecule is O=C(O)NCc1cc(NC2CCC(F)(F)CC2)nc(-n2ccc(CO)n2)c1. The molecule has 146 valence electrons. The van der Waals surface area contributed by atoms with Gasteiger partial charge in [0, 0.05) is 31.6 Å². The van der Waals surface area contributed by atoms with Crippen LogP contribution in [0.2, 0.25) is 0 Å². The number of anilines is 1. The van der Waals surface area contributed by atoms with Crippen LogP contribution in [0, 0.1) is 0 Å². The van der Waals surface area contributed by atoms with Gasteiger partial charge in [-0.05, 0) is 36.6 Å². The third-order valence-electron chi connectivity index (χ3n) is 4.43. The molecule has 2 aromatic rings. The Hall–Kier alpha value is -2.75. The second kappa shape index (κ2) is 7.87. The van der Waals surface area contributed by atoms with Gasteiger partial charge in [-0.15, -0.1) is 0 Å². The molecule has 8 nitrogen and oxygen atoms in total. The second-order valence-corrected chi connectivity index (χ2v) is 6.56. The molecular weight excluding hydrogens is 360 g/mol. The average molecular weight is 381 g/mol. The largest absolute Gasteiger partial charge is 0.465 e. The van der Waals surface area contributed by atoms with E-state index in [1.54, 1.807) is 24.4 Å². The zero-order valence-electron chi connectivity index (χ0n) is 14.5. The first-order valence-electron chi connectivity index (χ1n) is 8.62. The molecule has 2 aromatic heterocycles. The van der Waals surface area contributed by atoms with Crippen molar-refractivity contribution < 1.29 is 23.8 Å². The first-order valence-corrected chi connectivity index (χ1v) is 8.62. The van der Waals surface area contributed by atoms with Crippen molar-refractivity contribution in [2.75, 3.05) is 5.32 Å². The highest BCUT2D eigenvalue weighted by atomic mass is 19.3. The van der Waals surface area contributed by atoms with Gasteiger partial charge in [-0.3, -0.25) is 0 Å². The molecule has 0 unspecified atom stereocenters. The minimum Gasteiger partial charge on any atom is -0.465 e. The first kappa shape index (κ1) is 19.0. The van der Waals surface area contributed by atoms with Gasteiger partial charge >= 0.3 is 6.09 Å². The van der Waals surface area contributed by atoms with Crippen molar-refractivity contribution in [1.82, 2.24) is 20.1 Å². The van der Waals surface area contributed by atoms with Crippen LogP contribution in [0.1, 0.15) is 36.9 Å². The number of carboxylic acid groups (broad SMARTS) is 1. The molecule has 27 heavy (non-hydrogen) atoms. The van der Waals surface area contributed by atoms with E-state index in [2.05, 4.69) is 20.7 Å². The quantitative estimate of drug-likeness (QED) is 0.612. The molecule has 2 heterocycles. The number of carbonyl (C=O) groups is 1. The summed E-state index contributed by atoms with van der Waals surface area (Å²) in [5, 5.41) is 27.6. The Morgan fingerprint density at radius 2 is 2.07 bits per heavy atom. The molecule has 0 aromatic carbocycles. The Labute approximate surface area is 154 Å². The van der Waals surface area contributed by atoms with Crippen molar-refractivity contribution in [3.05, 3.63) is 35.7 Å². The van der Waals surface area contributed by atoms with Crippen molar-refractivity contribution in [2.45, 2.75) is 50.8 Å². The number of pyridine rings is 1. The van der Waals surface area contributed by atoms with Gasteiger partial charge < -0.3 is 20.8 Å². The van der Waals surface area contributed by atoms with E-state index in [1.807, 2.05) is 0 Å². The van der Waals surface area contributed by atoms with E-state index in [9.17, 15) is 13.6 Å². The highest BCUT2D eigenvalue weighted by Gasteiger charge is 2.34. The smallest absolute Gasteiger partial charge is 0.404 e. The van der Waals surface area contributed by atoms with Crippen LogP contribution in [0.3, 0.4) is 0 Å². The Morgan fingerprint density at radius 1 is 1.33 bits per heavy atom. The highest BCUT2D eigenvalue weighted by molar-refractivity contribution is 5.64. The normalized spacial score (nSPS) is 16.9. The maximum atomic E-state index is 13.3. The summed E-state index contributed by atoms with van der Waals surface area (Å²) in [5.74, 6) is -1.71. The summed E-state index contributed by atoms with van der Waals surface area (Å²) in [6, 6.07) is 4.87. The molecule has 0 spiro atoms. The average Bonchev–Trinajstić information content (AvgIpc) is 3.11. The van der Waals surface area contributed by atoms with Crippen molar-refractivity contribution in [1.29, 1.82) is 0 Å². The maximum Gasteiger partial charge on any atom is 0.404 e. The Kier molecular flexibility index (Phi) is 5.54. The van der Waals surface area contributed by atoms with Gasteiger partial charge in [0.1, 0.15) is 5.82 Å². The van der Waals surface area contributed by atoms with Gasteiger partial charge in [0.15, 0.2) is 5.82 Å². The number of aliphatic hydroxyl groups excluding tert-OH is 1. The molecule has 3 rings (SSSR count). The number of alkyl halides is 2. The van der Waals surface area contributed by atoms with Gasteiger partial charge in [0.25, 0.3) is 0 Å². The molecule has 1 aliphatic carbocycles. The van der Waals surface area contributed by atoms with Gasteiger partial charge in [0.2, 0.25) is 5.92 Å². The summed E-state index contributed by atoms with van der Waals surface area (Å²) in [6.45, 7) is -0.148. The molecule has 4 N–H and O–H groups in total. The fourth-order valence-corrected chi connectivity index (χ4v) is 3.01. The van der Waals surface area contributed by atoms with E-state index in [1.165, 1.54) is 4.68 Å². The number of rotatable bonds is 6. The Balaban J connectivity index is 1.82. The van der Waals surface area contributed by atoms with Crippen LogP contribution in [-0.2, 0) is 13.2 Å². The van der Waals surface area contributed by atoms with Crippen molar-refractivity contribution >= 4 is 11.9 Å². The number of aromatic nitrogens is 3. The summed E-state index contributed by atoms with van der Waals surface area (Å²) in [5.41, 5.74) is 1.11. The number of halogens is 2. The molecular formula is C17H21F2N5O3. The summed E-state index contributed by atoms with van der Waals surface area (Å²) >= 11 is 0. The van der Waals surface area contributed by atoms with E-state index in [0.717, 1.165) is 0 Å². The van der Waals surface area contributed by atoms with Crippen molar-refractivity contribution in [3.8, 4) is 5.82 Å². The lowest BCUT2D eigenvalue weighted by atomic mass is 9.92. The van der Waals surface area contributed by atoms with E-state index in [-0.39, 0.29) is 32.0 Å². The van der Waals surface area contributed by atoms with Crippen LogP contribution in [-0.4, -0.2) is 43.0 Å². The predicted molar refractivity (Wildman–Crippen MR) is 93.0 cm³/mol. The minimum atomic E-state index is -2.61. The topological polar surface area (TPSA) is 112 Å². The summed E-state index contributed by atoms with van der Waals surface area (Å²) in [4.78, 5) is 15.2. The van der Waals surface area contributed by atoms with E-state index < -0.39 is 12.0 Å². The fraction of sp³-hybridized carbons (Fsp3) is 0.471. The number of amides is 1. The molecule has 10 heteroatoms. The standard InChI is InChI=1S/C17H21F2N5O3/c18-17(19)4-1-12(2-5-17)21-14-7-11(9-20-16(26)27)8-15(22-14)24-6-3-13(10-25)23-24/h3,6-8,12,20,25H,1-2,4-5,9-10H2,(H,21,22)(H,26,27). The minimum absolute atomic E-state index is 0.0659. The Morgan fingerprint density at radius 3 is 2.70 bits per heavy atom. The van der Waals surface area contributed by atoms with Crippen LogP contribution >= 0.6 is 0 Å². The molecule has 0 bridgehead atoms. The molecule has 1 fully saturated rings. The monoisotopic (exact) mass is 381 g/mol. The highest BCUT2D eigenvalue weighted by Crippen LogP contribution is 2.34. The van der Waals surface area contributed by atoms with Gasteiger partial charge in [-0.25, -0.2) is 23.2 Å². The third-order valence-corrected chi connectivity index (χ3v) is 4.43.